The second-order valence-electron chi connectivity index (χ2n) is 5.43. The van der Waals surface area contributed by atoms with Crippen LogP contribution in [0.15, 0.2) is 46.0 Å². The summed E-state index contributed by atoms with van der Waals surface area (Å²) in [6.07, 6.45) is -1.36. The average Bonchev–Trinajstić information content (AvgIpc) is 3.21. The largest absolute Gasteiger partial charge is 0.466 e. The Labute approximate surface area is 165 Å². The average molecular weight is 460 g/mol. The fraction of sp³-hybridized carbons (Fsp3) is 0.235. The number of nitrogens with zero attached hydrogens (tertiary/aromatic N) is 2. The number of aromatic nitrogens is 1. The van der Waals surface area contributed by atoms with Crippen LogP contribution in [0.25, 0.3) is 0 Å². The molecule has 0 aliphatic carbocycles. The van der Waals surface area contributed by atoms with Gasteiger partial charge in [0, 0.05) is 28.2 Å². The van der Waals surface area contributed by atoms with Crippen molar-refractivity contribution in [1.82, 2.24) is 10.3 Å². The molecule has 1 aliphatic rings. The van der Waals surface area contributed by atoms with Gasteiger partial charge in [0.15, 0.2) is 10.8 Å². The fourth-order valence-corrected chi connectivity index (χ4v) is 3.74. The normalized spacial score (nSPS) is 17.0. The first-order valence-electron chi connectivity index (χ1n) is 7.65. The van der Waals surface area contributed by atoms with Gasteiger partial charge in [0.05, 0.1) is 12.7 Å². The van der Waals surface area contributed by atoms with Crippen LogP contribution in [0.1, 0.15) is 28.6 Å². The predicted molar refractivity (Wildman–Crippen MR) is 98.7 cm³/mol. The van der Waals surface area contributed by atoms with Crippen LogP contribution in [0.5, 0.6) is 0 Å². The summed E-state index contributed by atoms with van der Waals surface area (Å²) in [4.78, 5) is 21.0. The van der Waals surface area contributed by atoms with E-state index in [1.54, 1.807) is 11.6 Å². The van der Waals surface area contributed by atoms with Gasteiger partial charge in [0.25, 0.3) is 6.43 Å². The van der Waals surface area contributed by atoms with E-state index in [2.05, 4.69) is 31.2 Å². The standard InChI is InChI=1S/C17H13BrF3N3O2S/c1-26-17(25)12-11(7-18)23-15(16-22-4-5-27-16)24-13(12)9-3-2-8(19)6-10(9)14(20)21/h2-6,13-14H,7H2,1H3,(H,23,24)/t13-/m0/s1. The van der Waals surface area contributed by atoms with E-state index in [1.165, 1.54) is 24.5 Å². The Morgan fingerprint density at radius 3 is 2.81 bits per heavy atom. The summed E-state index contributed by atoms with van der Waals surface area (Å²) in [6, 6.07) is 1.94. The lowest BCUT2D eigenvalue weighted by molar-refractivity contribution is -0.136. The molecule has 2 heterocycles. The molecule has 10 heteroatoms. The number of halogens is 4. The van der Waals surface area contributed by atoms with Crippen molar-refractivity contribution >= 4 is 39.1 Å². The molecular formula is C17H13BrF3N3O2S. The van der Waals surface area contributed by atoms with Gasteiger partial charge in [-0.3, -0.25) is 4.99 Å². The molecule has 0 unspecified atom stereocenters. The Morgan fingerprint density at radius 1 is 1.44 bits per heavy atom. The molecule has 27 heavy (non-hydrogen) atoms. The maximum atomic E-state index is 13.5. The Bertz CT molecular complexity index is 916. The third-order valence-electron chi connectivity index (χ3n) is 3.88. The second kappa shape index (κ2) is 8.22. The number of carbonyl (C=O) groups excluding carboxylic acids is 1. The van der Waals surface area contributed by atoms with Crippen LogP contribution >= 0.6 is 27.3 Å². The summed E-state index contributed by atoms with van der Waals surface area (Å²) in [5.41, 5.74) is -0.0138. The SMILES string of the molecule is COC(=O)C1=C(CBr)NC(c2nccs2)=N[C@H]1c1ccc(F)cc1C(F)F. The number of hydrogen-bond acceptors (Lipinski definition) is 6. The first-order chi connectivity index (χ1) is 13.0. The summed E-state index contributed by atoms with van der Waals surface area (Å²) in [5, 5.41) is 5.50. The van der Waals surface area contributed by atoms with Gasteiger partial charge in [-0.05, 0) is 17.7 Å². The number of esters is 1. The third kappa shape index (κ3) is 3.91. The second-order valence-corrected chi connectivity index (χ2v) is 6.89. The molecule has 0 fully saturated rings. The molecule has 0 amide bonds. The topological polar surface area (TPSA) is 63.6 Å². The lowest BCUT2D eigenvalue weighted by Gasteiger charge is -2.27. The lowest BCUT2D eigenvalue weighted by atomic mass is 9.92. The number of allylic oxidation sites excluding steroid dienone is 1. The zero-order chi connectivity index (χ0) is 19.6. The Morgan fingerprint density at radius 2 is 2.22 bits per heavy atom. The van der Waals surface area contributed by atoms with Crippen LogP contribution in [0.2, 0.25) is 0 Å². The molecule has 3 rings (SSSR count). The van der Waals surface area contributed by atoms with E-state index in [4.69, 9.17) is 4.74 Å². The van der Waals surface area contributed by atoms with Crippen molar-refractivity contribution in [3.63, 3.8) is 0 Å². The number of amidine groups is 1. The monoisotopic (exact) mass is 459 g/mol. The van der Waals surface area contributed by atoms with Crippen molar-refractivity contribution in [1.29, 1.82) is 0 Å². The molecule has 0 saturated heterocycles. The number of benzene rings is 1. The summed E-state index contributed by atoms with van der Waals surface area (Å²) in [7, 11) is 1.19. The number of ether oxygens (including phenoxy) is 1. The summed E-state index contributed by atoms with van der Waals surface area (Å²) in [5.74, 6) is -1.17. The Kier molecular flexibility index (Phi) is 5.95. The van der Waals surface area contributed by atoms with Crippen LogP contribution in [0.4, 0.5) is 13.2 Å². The minimum Gasteiger partial charge on any atom is -0.466 e. The number of rotatable bonds is 5. The highest BCUT2D eigenvalue weighted by atomic mass is 79.9. The zero-order valence-electron chi connectivity index (χ0n) is 13.9. The molecule has 1 aromatic carbocycles. The van der Waals surface area contributed by atoms with E-state index in [-0.39, 0.29) is 16.5 Å². The molecule has 0 spiro atoms. The highest BCUT2D eigenvalue weighted by molar-refractivity contribution is 9.09. The van der Waals surface area contributed by atoms with Crippen molar-refractivity contribution in [3.05, 3.63) is 63.0 Å². The van der Waals surface area contributed by atoms with Gasteiger partial charge in [-0.1, -0.05) is 22.0 Å². The molecule has 1 atom stereocenters. The number of methoxy groups -OCH3 is 1. The van der Waals surface area contributed by atoms with Gasteiger partial charge >= 0.3 is 5.97 Å². The molecule has 2 aromatic rings. The van der Waals surface area contributed by atoms with E-state index < -0.39 is 29.8 Å². The first kappa shape index (κ1) is 19.6. The van der Waals surface area contributed by atoms with Crippen molar-refractivity contribution in [3.8, 4) is 0 Å². The number of nitrogens with one attached hydrogen (secondary N) is 1. The minimum atomic E-state index is -2.93. The molecule has 0 saturated carbocycles. The van der Waals surface area contributed by atoms with Crippen molar-refractivity contribution in [2.45, 2.75) is 12.5 Å². The number of hydrogen-bond donors (Lipinski definition) is 1. The third-order valence-corrected chi connectivity index (χ3v) is 5.22. The molecule has 142 valence electrons. The molecule has 5 nitrogen and oxygen atoms in total. The molecular weight excluding hydrogens is 447 g/mol. The highest BCUT2D eigenvalue weighted by Crippen LogP contribution is 2.38. The van der Waals surface area contributed by atoms with Crippen LogP contribution in [-0.2, 0) is 9.53 Å². The van der Waals surface area contributed by atoms with Gasteiger partial charge in [-0.25, -0.2) is 22.9 Å². The zero-order valence-corrected chi connectivity index (χ0v) is 16.3. The van der Waals surface area contributed by atoms with Crippen LogP contribution in [0, 0.1) is 5.82 Å². The first-order valence-corrected chi connectivity index (χ1v) is 9.65. The van der Waals surface area contributed by atoms with E-state index in [1.807, 2.05) is 0 Å². The van der Waals surface area contributed by atoms with Crippen molar-refractivity contribution in [2.24, 2.45) is 4.99 Å². The number of alkyl halides is 3. The molecule has 1 N–H and O–H groups in total. The van der Waals surface area contributed by atoms with Crippen molar-refractivity contribution in [2.75, 3.05) is 12.4 Å². The predicted octanol–water partition coefficient (Wildman–Crippen LogP) is 4.13. The van der Waals surface area contributed by atoms with Gasteiger partial charge < -0.3 is 10.1 Å². The van der Waals surface area contributed by atoms with Crippen LogP contribution < -0.4 is 5.32 Å². The van der Waals surface area contributed by atoms with Crippen LogP contribution in [-0.4, -0.2) is 29.2 Å². The summed E-state index contributed by atoms with van der Waals surface area (Å²) >= 11 is 4.59. The molecule has 0 radical (unpaired) electrons. The van der Waals surface area contributed by atoms with Crippen molar-refractivity contribution < 1.29 is 22.7 Å². The minimum absolute atomic E-state index is 0.0285. The maximum Gasteiger partial charge on any atom is 0.338 e. The van der Waals surface area contributed by atoms with E-state index in [0.717, 1.165) is 12.1 Å². The molecule has 1 aliphatic heterocycles. The lowest BCUT2D eigenvalue weighted by Crippen LogP contribution is -2.34. The number of carbonyl (C=O) groups is 1. The van der Waals surface area contributed by atoms with Gasteiger partial charge in [0.1, 0.15) is 11.9 Å². The van der Waals surface area contributed by atoms with Gasteiger partial charge in [-0.2, -0.15) is 0 Å². The highest BCUT2D eigenvalue weighted by Gasteiger charge is 2.34. The summed E-state index contributed by atoms with van der Waals surface area (Å²) < 4.78 is 45.4. The number of aliphatic imine (C=N–C) groups is 1. The smallest absolute Gasteiger partial charge is 0.338 e. The molecule has 0 bridgehead atoms. The van der Waals surface area contributed by atoms with Crippen LogP contribution in [0.3, 0.4) is 0 Å². The van der Waals surface area contributed by atoms with E-state index in [9.17, 15) is 18.0 Å². The quantitative estimate of drug-likeness (QED) is 0.539. The van der Waals surface area contributed by atoms with E-state index >= 15 is 0 Å². The van der Waals surface area contributed by atoms with Gasteiger partial charge in [-0.15, -0.1) is 11.3 Å². The number of thiazole rings is 1. The van der Waals surface area contributed by atoms with E-state index in [0.29, 0.717) is 16.5 Å². The Balaban J connectivity index is 2.22. The Hall–Kier alpha value is -2.20. The fourth-order valence-electron chi connectivity index (χ4n) is 2.71. The maximum absolute atomic E-state index is 13.5. The van der Waals surface area contributed by atoms with Gasteiger partial charge in [0.2, 0.25) is 0 Å². The molecule has 1 aromatic heterocycles. The summed E-state index contributed by atoms with van der Waals surface area (Å²) in [6.45, 7) is 0.